The molecule has 0 aromatic rings. The van der Waals surface area contributed by atoms with E-state index in [1.807, 2.05) is 0 Å². The van der Waals surface area contributed by atoms with E-state index < -0.39 is 23.2 Å². The molecule has 1 fully saturated rings. The Morgan fingerprint density at radius 1 is 1.47 bits per heavy atom. The Labute approximate surface area is 97.8 Å². The first-order valence-corrected chi connectivity index (χ1v) is 4.98. The zero-order chi connectivity index (χ0) is 13.3. The van der Waals surface area contributed by atoms with Crippen molar-refractivity contribution < 1.29 is 19.4 Å². The number of carbonyl (C=O) groups excluding carboxylic acids is 1. The van der Waals surface area contributed by atoms with E-state index >= 15 is 0 Å². The molecule has 1 rings (SSSR count). The van der Waals surface area contributed by atoms with Gasteiger partial charge in [-0.3, -0.25) is 4.79 Å². The third-order valence-electron chi connectivity index (χ3n) is 2.19. The molecule has 8 heteroatoms. The van der Waals surface area contributed by atoms with E-state index in [0.29, 0.717) is 0 Å². The lowest BCUT2D eigenvalue weighted by Gasteiger charge is -2.43. The molecule has 0 unspecified atom stereocenters. The monoisotopic (exact) mass is 242 g/mol. The summed E-state index contributed by atoms with van der Waals surface area (Å²) in [6, 6.07) is 0. The van der Waals surface area contributed by atoms with E-state index in [0.717, 1.165) is 0 Å². The Morgan fingerprint density at radius 2 is 2.00 bits per heavy atom. The van der Waals surface area contributed by atoms with Gasteiger partial charge in [0.15, 0.2) is 5.54 Å². The quantitative estimate of drug-likeness (QED) is 0.447. The molecule has 17 heavy (non-hydrogen) atoms. The fourth-order valence-corrected chi connectivity index (χ4v) is 1.37. The molecule has 1 N–H and O–H groups in total. The Bertz CT molecular complexity index is 384. The number of carboxylic acids is 1. The number of azide groups is 1. The van der Waals surface area contributed by atoms with Crippen molar-refractivity contribution >= 4 is 12.1 Å². The minimum atomic E-state index is -1.55. The standard InChI is InChI=1S/C9H14N4O4/c1-8(2,3)17-7(16)13-4-9(5-13,6(14)15)11-12-10/h4-5H2,1-3H3,(H,14,15). The summed E-state index contributed by atoms with van der Waals surface area (Å²) in [5.74, 6) is -1.24. The van der Waals surface area contributed by atoms with E-state index in [9.17, 15) is 9.59 Å². The summed E-state index contributed by atoms with van der Waals surface area (Å²) in [5, 5.41) is 12.1. The first-order valence-electron chi connectivity index (χ1n) is 4.98. The van der Waals surface area contributed by atoms with Crippen LogP contribution >= 0.6 is 0 Å². The number of ether oxygens (including phenoxy) is 1. The van der Waals surface area contributed by atoms with Gasteiger partial charge in [-0.2, -0.15) is 0 Å². The van der Waals surface area contributed by atoms with Crippen molar-refractivity contribution in [2.75, 3.05) is 13.1 Å². The van der Waals surface area contributed by atoms with Gasteiger partial charge >= 0.3 is 12.1 Å². The number of likely N-dealkylation sites (tertiary alicyclic amines) is 1. The lowest BCUT2D eigenvalue weighted by molar-refractivity contribution is -0.149. The smallest absolute Gasteiger partial charge is 0.410 e. The molecule has 1 saturated heterocycles. The molecule has 1 aliphatic heterocycles. The van der Waals surface area contributed by atoms with Gasteiger partial charge in [0.2, 0.25) is 0 Å². The molecule has 94 valence electrons. The molecule has 1 amide bonds. The molecular formula is C9H14N4O4. The highest BCUT2D eigenvalue weighted by molar-refractivity contribution is 5.84. The van der Waals surface area contributed by atoms with Gasteiger partial charge in [-0.05, 0) is 26.3 Å². The van der Waals surface area contributed by atoms with E-state index in [-0.39, 0.29) is 13.1 Å². The van der Waals surface area contributed by atoms with E-state index in [1.165, 1.54) is 4.90 Å². The molecule has 0 aromatic heterocycles. The highest BCUT2D eigenvalue weighted by atomic mass is 16.6. The predicted octanol–water partition coefficient (Wildman–Crippen LogP) is 1.37. The molecule has 0 saturated carbocycles. The number of aliphatic carboxylic acids is 1. The fraction of sp³-hybridized carbons (Fsp3) is 0.778. The minimum absolute atomic E-state index is 0.165. The fourth-order valence-electron chi connectivity index (χ4n) is 1.37. The summed E-state index contributed by atoms with van der Waals surface area (Å²) < 4.78 is 5.05. The predicted molar refractivity (Wildman–Crippen MR) is 57.3 cm³/mol. The SMILES string of the molecule is CC(C)(C)OC(=O)N1CC(N=[N+]=[N-])(C(=O)O)C1. The number of carboxylic acid groups (broad SMARTS) is 1. The maximum Gasteiger partial charge on any atom is 0.410 e. The topological polar surface area (TPSA) is 116 Å². The first kappa shape index (κ1) is 13.1. The molecule has 1 heterocycles. The van der Waals surface area contributed by atoms with Gasteiger partial charge in [0.25, 0.3) is 0 Å². The highest BCUT2D eigenvalue weighted by Crippen LogP contribution is 2.27. The molecule has 0 bridgehead atoms. The number of amides is 1. The van der Waals surface area contributed by atoms with Gasteiger partial charge in [0.05, 0.1) is 0 Å². The molecule has 0 radical (unpaired) electrons. The van der Waals surface area contributed by atoms with Gasteiger partial charge < -0.3 is 14.7 Å². The van der Waals surface area contributed by atoms with Crippen LogP contribution in [0.4, 0.5) is 4.79 Å². The number of carbonyl (C=O) groups is 2. The number of hydrogen-bond donors (Lipinski definition) is 1. The van der Waals surface area contributed by atoms with Gasteiger partial charge in [0.1, 0.15) is 5.60 Å². The first-order chi connectivity index (χ1) is 7.70. The van der Waals surface area contributed by atoms with E-state index in [4.69, 9.17) is 15.4 Å². The molecule has 0 aromatic carbocycles. The summed E-state index contributed by atoms with van der Waals surface area (Å²) >= 11 is 0. The van der Waals surface area contributed by atoms with Crippen LogP contribution in [0.2, 0.25) is 0 Å². The van der Waals surface area contributed by atoms with Gasteiger partial charge in [-0.1, -0.05) is 5.11 Å². The number of rotatable bonds is 2. The van der Waals surface area contributed by atoms with Gasteiger partial charge in [-0.15, -0.1) is 0 Å². The minimum Gasteiger partial charge on any atom is -0.481 e. The maximum absolute atomic E-state index is 11.5. The van der Waals surface area contributed by atoms with Gasteiger partial charge in [0, 0.05) is 18.0 Å². The van der Waals surface area contributed by atoms with Crippen molar-refractivity contribution in [3.63, 3.8) is 0 Å². The summed E-state index contributed by atoms with van der Waals surface area (Å²) in [4.78, 5) is 26.1. The highest BCUT2D eigenvalue weighted by Gasteiger charge is 2.52. The van der Waals surface area contributed by atoms with E-state index in [2.05, 4.69) is 10.0 Å². The summed E-state index contributed by atoms with van der Waals surface area (Å²) in [6.07, 6.45) is -0.609. The number of nitrogens with zero attached hydrogens (tertiary/aromatic N) is 4. The Balaban J connectivity index is 2.64. The van der Waals surface area contributed by atoms with Crippen LogP contribution in [0.25, 0.3) is 10.4 Å². The second kappa shape index (κ2) is 4.14. The second-order valence-electron chi connectivity index (χ2n) is 4.86. The summed E-state index contributed by atoms with van der Waals surface area (Å²) in [7, 11) is 0. The molecule has 0 aliphatic carbocycles. The Morgan fingerprint density at radius 3 is 2.35 bits per heavy atom. The second-order valence-corrected chi connectivity index (χ2v) is 4.86. The van der Waals surface area contributed by atoms with Crippen molar-refractivity contribution in [3.05, 3.63) is 10.4 Å². The molecular weight excluding hydrogens is 228 g/mol. The largest absolute Gasteiger partial charge is 0.481 e. The third-order valence-corrected chi connectivity index (χ3v) is 2.19. The zero-order valence-electron chi connectivity index (χ0n) is 9.88. The summed E-state index contributed by atoms with van der Waals surface area (Å²) in [6.45, 7) is 4.80. The van der Waals surface area contributed by atoms with Crippen LogP contribution in [-0.4, -0.2) is 46.3 Å². The molecule has 1 aliphatic rings. The Kier molecular flexibility index (Phi) is 3.19. The third kappa shape index (κ3) is 2.79. The number of hydrogen-bond acceptors (Lipinski definition) is 4. The average Bonchev–Trinajstić information content (AvgIpc) is 2.06. The lowest BCUT2D eigenvalue weighted by atomic mass is 9.91. The lowest BCUT2D eigenvalue weighted by Crippen LogP contribution is -2.66. The van der Waals surface area contributed by atoms with Crippen LogP contribution in [0.3, 0.4) is 0 Å². The van der Waals surface area contributed by atoms with Crippen LogP contribution in [0.5, 0.6) is 0 Å². The van der Waals surface area contributed by atoms with Crippen LogP contribution < -0.4 is 0 Å². The van der Waals surface area contributed by atoms with Crippen LogP contribution in [0.1, 0.15) is 20.8 Å². The van der Waals surface area contributed by atoms with Crippen molar-refractivity contribution in [2.24, 2.45) is 5.11 Å². The van der Waals surface area contributed by atoms with Crippen LogP contribution in [0.15, 0.2) is 5.11 Å². The maximum atomic E-state index is 11.5. The molecule has 0 spiro atoms. The average molecular weight is 242 g/mol. The van der Waals surface area contributed by atoms with Crippen molar-refractivity contribution in [1.29, 1.82) is 0 Å². The Hall–Kier alpha value is -1.95. The molecule has 8 nitrogen and oxygen atoms in total. The van der Waals surface area contributed by atoms with E-state index in [1.54, 1.807) is 20.8 Å². The summed E-state index contributed by atoms with van der Waals surface area (Å²) in [5.41, 5.74) is 6.10. The van der Waals surface area contributed by atoms with Crippen molar-refractivity contribution in [1.82, 2.24) is 4.90 Å². The van der Waals surface area contributed by atoms with Crippen LogP contribution in [-0.2, 0) is 9.53 Å². The molecule has 0 atom stereocenters. The van der Waals surface area contributed by atoms with Crippen molar-refractivity contribution in [3.8, 4) is 0 Å². The van der Waals surface area contributed by atoms with Crippen LogP contribution in [0, 0.1) is 0 Å². The zero-order valence-corrected chi connectivity index (χ0v) is 9.88. The van der Waals surface area contributed by atoms with Gasteiger partial charge in [-0.25, -0.2) is 4.79 Å². The van der Waals surface area contributed by atoms with Crippen molar-refractivity contribution in [2.45, 2.75) is 31.9 Å². The normalized spacial score (nSPS) is 17.7.